The van der Waals surface area contributed by atoms with E-state index in [1.54, 1.807) is 24.4 Å². The molecule has 180 valence electrons. The quantitative estimate of drug-likeness (QED) is 0.275. The maximum atomic E-state index is 11.2. The second kappa shape index (κ2) is 9.07. The summed E-state index contributed by atoms with van der Waals surface area (Å²) in [6.07, 6.45) is 1.65. The molecule has 0 saturated heterocycles. The lowest BCUT2D eigenvalue weighted by Gasteiger charge is -2.13. The van der Waals surface area contributed by atoms with Crippen LogP contribution in [0.25, 0.3) is 50.5 Å². The van der Waals surface area contributed by atoms with Crippen LogP contribution in [0.1, 0.15) is 20.8 Å². The van der Waals surface area contributed by atoms with Gasteiger partial charge in [0.2, 0.25) is 0 Å². The molecule has 0 aliphatic rings. The van der Waals surface area contributed by atoms with Gasteiger partial charge in [0.05, 0.1) is 26.4 Å². The van der Waals surface area contributed by atoms with Crippen LogP contribution in [0.4, 0.5) is 0 Å². The molecular formula is C33H27N3O. The minimum Gasteiger partial charge on any atom is -0.507 e. The van der Waals surface area contributed by atoms with Crippen molar-refractivity contribution in [3.8, 4) is 45.2 Å². The molecule has 0 aliphatic carbocycles. The van der Waals surface area contributed by atoms with Crippen LogP contribution in [0.2, 0.25) is 0 Å². The minimum absolute atomic E-state index is 0.0352. The molecule has 4 aromatic carbocycles. The van der Waals surface area contributed by atoms with Gasteiger partial charge in [0, 0.05) is 23.0 Å². The van der Waals surface area contributed by atoms with Gasteiger partial charge >= 0.3 is 0 Å². The van der Waals surface area contributed by atoms with Crippen molar-refractivity contribution in [1.29, 1.82) is 0 Å². The zero-order chi connectivity index (χ0) is 28.1. The third-order valence-corrected chi connectivity index (χ3v) is 6.52. The first-order chi connectivity index (χ1) is 19.2. The minimum atomic E-state index is -0.164. The van der Waals surface area contributed by atoms with Gasteiger partial charge in [-0.2, -0.15) is 0 Å². The van der Waals surface area contributed by atoms with E-state index in [4.69, 9.17) is 9.10 Å². The van der Waals surface area contributed by atoms with Crippen LogP contribution in [0, 0.1) is 20.8 Å². The Hall–Kier alpha value is -4.70. The molecule has 1 N–H and O–H groups in total. The molecule has 2 aromatic heterocycles. The zero-order valence-corrected chi connectivity index (χ0v) is 20.9. The molecule has 0 aliphatic heterocycles. The Morgan fingerprint density at radius 3 is 2.30 bits per heavy atom. The molecule has 0 bridgehead atoms. The summed E-state index contributed by atoms with van der Waals surface area (Å²) >= 11 is 0. The standard InChI is InChI=1S/C33H27N3O/c1-21-16-23(3)32(37)28(18-21)33-35-31-27(24-10-9-11-25(20-24)29-14-7-8-15-34-29)17-22(2)19-30(31)36(33)26-12-5-4-6-13-26/h4-20,37H,1-3H3/i9D,10D,11D. The molecule has 4 heteroatoms. The third-order valence-electron chi connectivity index (χ3n) is 6.52. The van der Waals surface area contributed by atoms with Gasteiger partial charge in [0.15, 0.2) is 0 Å². The summed E-state index contributed by atoms with van der Waals surface area (Å²) in [6.45, 7) is 5.86. The average Bonchev–Trinajstić information content (AvgIpc) is 3.33. The van der Waals surface area contributed by atoms with Gasteiger partial charge in [0.1, 0.15) is 11.6 Å². The number of benzene rings is 4. The van der Waals surface area contributed by atoms with E-state index >= 15 is 0 Å². The number of phenolic OH excluding ortho intramolecular Hbond substituents is 1. The van der Waals surface area contributed by atoms with Crippen molar-refractivity contribution in [2.45, 2.75) is 20.8 Å². The fourth-order valence-corrected chi connectivity index (χ4v) is 4.86. The lowest BCUT2D eigenvalue weighted by molar-refractivity contribution is 0.472. The fourth-order valence-electron chi connectivity index (χ4n) is 4.86. The smallest absolute Gasteiger partial charge is 0.149 e. The predicted octanol–water partition coefficient (Wildman–Crippen LogP) is 8.05. The molecule has 37 heavy (non-hydrogen) atoms. The van der Waals surface area contributed by atoms with Crippen LogP contribution in [-0.2, 0) is 0 Å². The van der Waals surface area contributed by atoms with Crippen molar-refractivity contribution in [2.24, 2.45) is 0 Å². The number of fused-ring (bicyclic) bond motifs is 1. The summed E-state index contributed by atoms with van der Waals surface area (Å²) in [5, 5.41) is 11.2. The highest BCUT2D eigenvalue weighted by Crippen LogP contribution is 2.39. The summed E-state index contributed by atoms with van der Waals surface area (Å²) < 4.78 is 28.1. The number of rotatable bonds is 4. The topological polar surface area (TPSA) is 50.9 Å². The number of hydrogen-bond donors (Lipinski definition) is 1. The SMILES string of the molecule is [2H]c1c(-c2ccccn2)cc(-c2cc(C)cc3c2nc(-c2cc(C)cc(C)c2O)n3-c2ccccc2)c([2H])c1[2H]. The number of phenols is 1. The molecule has 6 rings (SSSR count). The molecule has 0 spiro atoms. The van der Waals surface area contributed by atoms with E-state index in [-0.39, 0.29) is 23.9 Å². The van der Waals surface area contributed by atoms with Gasteiger partial charge in [0.25, 0.3) is 0 Å². The van der Waals surface area contributed by atoms with Crippen molar-refractivity contribution < 1.29 is 9.22 Å². The van der Waals surface area contributed by atoms with Crippen LogP contribution in [0.5, 0.6) is 5.75 Å². The third kappa shape index (κ3) is 4.07. The molecule has 0 amide bonds. The first kappa shape index (κ1) is 19.5. The molecule has 0 atom stereocenters. The Morgan fingerprint density at radius 1 is 0.784 bits per heavy atom. The number of aromatic hydroxyl groups is 1. The van der Waals surface area contributed by atoms with Crippen LogP contribution in [0.15, 0.2) is 103 Å². The second-order valence-electron chi connectivity index (χ2n) is 9.33. The summed E-state index contributed by atoms with van der Waals surface area (Å²) in [5.74, 6) is 0.749. The van der Waals surface area contributed by atoms with Crippen molar-refractivity contribution >= 4 is 11.0 Å². The van der Waals surface area contributed by atoms with Gasteiger partial charge in [-0.3, -0.25) is 9.55 Å². The molecule has 0 saturated carbocycles. The van der Waals surface area contributed by atoms with E-state index in [9.17, 15) is 5.11 Å². The maximum absolute atomic E-state index is 11.2. The van der Waals surface area contributed by atoms with Crippen molar-refractivity contribution in [2.75, 3.05) is 0 Å². The number of aryl methyl sites for hydroxylation is 3. The number of hydrogen-bond acceptors (Lipinski definition) is 3. The van der Waals surface area contributed by atoms with Crippen molar-refractivity contribution in [3.63, 3.8) is 0 Å². The van der Waals surface area contributed by atoms with E-state index in [0.717, 1.165) is 27.9 Å². The molecule has 0 radical (unpaired) electrons. The maximum Gasteiger partial charge on any atom is 0.149 e. The van der Waals surface area contributed by atoms with E-state index in [1.807, 2.05) is 86.0 Å². The molecule has 4 nitrogen and oxygen atoms in total. The van der Waals surface area contributed by atoms with Crippen LogP contribution in [0.3, 0.4) is 0 Å². The molecule has 0 fully saturated rings. The highest BCUT2D eigenvalue weighted by molar-refractivity contribution is 5.97. The Morgan fingerprint density at radius 2 is 1.51 bits per heavy atom. The fraction of sp³-hybridized carbons (Fsp3) is 0.0909. The summed E-state index contributed by atoms with van der Waals surface area (Å²) in [4.78, 5) is 9.52. The number of pyridine rings is 1. The van der Waals surface area contributed by atoms with E-state index in [1.165, 1.54) is 0 Å². The average molecular weight is 485 g/mol. The summed E-state index contributed by atoms with van der Waals surface area (Å²) in [7, 11) is 0. The van der Waals surface area contributed by atoms with E-state index < -0.39 is 0 Å². The zero-order valence-electron chi connectivity index (χ0n) is 23.9. The van der Waals surface area contributed by atoms with E-state index in [2.05, 4.69) is 4.98 Å². The van der Waals surface area contributed by atoms with Gasteiger partial charge < -0.3 is 5.11 Å². The van der Waals surface area contributed by atoms with Crippen molar-refractivity contribution in [1.82, 2.24) is 14.5 Å². The summed E-state index contributed by atoms with van der Waals surface area (Å²) in [6, 6.07) is 24.7. The highest BCUT2D eigenvalue weighted by Gasteiger charge is 2.21. The molecular weight excluding hydrogens is 454 g/mol. The van der Waals surface area contributed by atoms with E-state index in [0.29, 0.717) is 39.3 Å². The lowest BCUT2D eigenvalue weighted by atomic mass is 9.98. The van der Waals surface area contributed by atoms with Gasteiger partial charge in [-0.1, -0.05) is 48.5 Å². The Bertz CT molecular complexity index is 1920. The van der Waals surface area contributed by atoms with Crippen LogP contribution < -0.4 is 0 Å². The molecule has 6 aromatic rings. The number of nitrogens with zero attached hydrogens (tertiary/aromatic N) is 3. The number of imidazole rings is 1. The predicted molar refractivity (Wildman–Crippen MR) is 151 cm³/mol. The van der Waals surface area contributed by atoms with Crippen LogP contribution in [-0.4, -0.2) is 19.6 Å². The molecule has 0 unspecified atom stereocenters. The molecule has 2 heterocycles. The lowest BCUT2D eigenvalue weighted by Crippen LogP contribution is -1.98. The van der Waals surface area contributed by atoms with Gasteiger partial charge in [-0.05, 0) is 91.6 Å². The van der Waals surface area contributed by atoms with Gasteiger partial charge in [-0.15, -0.1) is 0 Å². The monoisotopic (exact) mass is 484 g/mol. The second-order valence-corrected chi connectivity index (χ2v) is 9.33. The Balaban J connectivity index is 1.72. The van der Waals surface area contributed by atoms with Crippen molar-refractivity contribution in [3.05, 3.63) is 120 Å². The van der Waals surface area contributed by atoms with Gasteiger partial charge in [-0.25, -0.2) is 4.98 Å². The highest BCUT2D eigenvalue weighted by atomic mass is 16.3. The first-order valence-electron chi connectivity index (χ1n) is 13.7. The Labute approximate surface area is 220 Å². The number of para-hydroxylation sites is 1. The Kier molecular flexibility index (Phi) is 4.77. The first-order valence-corrected chi connectivity index (χ1v) is 12.2. The number of aromatic nitrogens is 3. The normalized spacial score (nSPS) is 12.4. The largest absolute Gasteiger partial charge is 0.507 e. The van der Waals surface area contributed by atoms with Crippen LogP contribution >= 0.6 is 0 Å². The summed E-state index contributed by atoms with van der Waals surface area (Å²) in [5.41, 5.74) is 7.93.